The van der Waals surface area contributed by atoms with E-state index in [1.54, 1.807) is 0 Å². The summed E-state index contributed by atoms with van der Waals surface area (Å²) in [5.41, 5.74) is 2.58. The van der Waals surface area contributed by atoms with Gasteiger partial charge in [-0.1, -0.05) is 13.8 Å². The Morgan fingerprint density at radius 3 is 2.58 bits per heavy atom. The lowest BCUT2D eigenvalue weighted by Gasteiger charge is -2.04. The third-order valence-electron chi connectivity index (χ3n) is 2.14. The molecule has 0 radical (unpaired) electrons. The molecule has 12 heavy (non-hydrogen) atoms. The summed E-state index contributed by atoms with van der Waals surface area (Å²) in [4.78, 5) is 4.39. The van der Waals surface area contributed by atoms with Gasteiger partial charge in [0.05, 0.1) is 12.0 Å². The van der Waals surface area contributed by atoms with Crippen LogP contribution in [-0.4, -0.2) is 9.55 Å². The third kappa shape index (κ3) is 1.87. The van der Waals surface area contributed by atoms with Gasteiger partial charge in [-0.05, 0) is 26.2 Å². The summed E-state index contributed by atoms with van der Waals surface area (Å²) in [5, 5.41) is 0. The van der Waals surface area contributed by atoms with Crippen LogP contribution >= 0.6 is 0 Å². The summed E-state index contributed by atoms with van der Waals surface area (Å²) >= 11 is 0. The maximum absolute atomic E-state index is 4.39. The highest BCUT2D eigenvalue weighted by Crippen LogP contribution is 2.10. The molecule has 1 aromatic rings. The summed E-state index contributed by atoms with van der Waals surface area (Å²) in [6, 6.07) is 0. The molecule has 0 fully saturated rings. The molecule has 0 N–H and O–H groups in total. The molecule has 0 bridgehead atoms. The molecule has 2 heteroatoms. The molecule has 1 heterocycles. The van der Waals surface area contributed by atoms with E-state index in [2.05, 4.69) is 37.2 Å². The molecule has 1 aromatic heterocycles. The second-order valence-corrected chi connectivity index (χ2v) is 3.66. The molecule has 0 saturated heterocycles. The zero-order valence-corrected chi connectivity index (χ0v) is 8.46. The lowest BCUT2D eigenvalue weighted by atomic mass is 10.1. The summed E-state index contributed by atoms with van der Waals surface area (Å²) < 4.78 is 2.19. The Kier molecular flexibility index (Phi) is 2.90. The van der Waals surface area contributed by atoms with E-state index >= 15 is 0 Å². The van der Waals surface area contributed by atoms with E-state index in [0.717, 1.165) is 13.0 Å². The molecule has 0 atom stereocenters. The van der Waals surface area contributed by atoms with Crippen molar-refractivity contribution in [3.63, 3.8) is 0 Å². The molecule has 0 aliphatic rings. The van der Waals surface area contributed by atoms with Gasteiger partial charge in [-0.2, -0.15) is 0 Å². The van der Waals surface area contributed by atoms with Crippen LogP contribution in [0.15, 0.2) is 6.33 Å². The Morgan fingerprint density at radius 2 is 2.17 bits per heavy atom. The Labute approximate surface area is 74.6 Å². The van der Waals surface area contributed by atoms with Crippen LogP contribution in [0.1, 0.15) is 32.2 Å². The molecule has 0 aliphatic carbocycles. The predicted molar refractivity (Wildman–Crippen MR) is 51.2 cm³/mol. The van der Waals surface area contributed by atoms with Crippen LogP contribution in [0.5, 0.6) is 0 Å². The van der Waals surface area contributed by atoms with E-state index in [1.165, 1.54) is 11.4 Å². The van der Waals surface area contributed by atoms with Crippen LogP contribution in [0.4, 0.5) is 0 Å². The molecular weight excluding hydrogens is 148 g/mol. The van der Waals surface area contributed by atoms with Crippen molar-refractivity contribution >= 4 is 0 Å². The van der Waals surface area contributed by atoms with Gasteiger partial charge in [-0.15, -0.1) is 0 Å². The summed E-state index contributed by atoms with van der Waals surface area (Å²) in [6.45, 7) is 9.77. The highest BCUT2D eigenvalue weighted by atomic mass is 15.0. The van der Waals surface area contributed by atoms with E-state index in [-0.39, 0.29) is 0 Å². The van der Waals surface area contributed by atoms with Crippen molar-refractivity contribution < 1.29 is 0 Å². The molecule has 0 saturated carbocycles. The van der Waals surface area contributed by atoms with Crippen molar-refractivity contribution in [2.45, 2.75) is 40.7 Å². The summed E-state index contributed by atoms with van der Waals surface area (Å²) in [7, 11) is 0. The van der Waals surface area contributed by atoms with Crippen molar-refractivity contribution in [3.05, 3.63) is 17.7 Å². The van der Waals surface area contributed by atoms with Crippen LogP contribution in [0.3, 0.4) is 0 Å². The maximum Gasteiger partial charge on any atom is 0.0951 e. The van der Waals surface area contributed by atoms with Crippen LogP contribution in [0.25, 0.3) is 0 Å². The van der Waals surface area contributed by atoms with Crippen molar-refractivity contribution in [1.82, 2.24) is 9.55 Å². The van der Waals surface area contributed by atoms with E-state index in [0.29, 0.717) is 5.92 Å². The van der Waals surface area contributed by atoms with E-state index < -0.39 is 0 Å². The SMILES string of the molecule is CCn1cnc(CC(C)C)c1C. The zero-order valence-electron chi connectivity index (χ0n) is 8.46. The van der Waals surface area contributed by atoms with Crippen LogP contribution in [-0.2, 0) is 13.0 Å². The van der Waals surface area contributed by atoms with Crippen molar-refractivity contribution in [2.24, 2.45) is 5.92 Å². The summed E-state index contributed by atoms with van der Waals surface area (Å²) in [6.07, 6.45) is 3.03. The number of imidazole rings is 1. The Hall–Kier alpha value is -0.790. The number of hydrogen-bond acceptors (Lipinski definition) is 1. The van der Waals surface area contributed by atoms with Crippen LogP contribution < -0.4 is 0 Å². The number of rotatable bonds is 3. The predicted octanol–water partition coefficient (Wildman–Crippen LogP) is 2.41. The minimum atomic E-state index is 0.698. The lowest BCUT2D eigenvalue weighted by molar-refractivity contribution is 0.631. The highest BCUT2D eigenvalue weighted by Gasteiger charge is 2.06. The van der Waals surface area contributed by atoms with Gasteiger partial charge in [-0.25, -0.2) is 4.98 Å². The number of nitrogens with zero attached hydrogens (tertiary/aromatic N) is 2. The molecule has 0 amide bonds. The first-order chi connectivity index (χ1) is 5.65. The molecule has 2 nitrogen and oxygen atoms in total. The van der Waals surface area contributed by atoms with Gasteiger partial charge in [0.25, 0.3) is 0 Å². The molecule has 68 valence electrons. The standard InChI is InChI=1S/C10H18N2/c1-5-12-7-11-10(9(12)4)6-8(2)3/h7-8H,5-6H2,1-4H3. The van der Waals surface area contributed by atoms with Crippen molar-refractivity contribution in [3.8, 4) is 0 Å². The quantitative estimate of drug-likeness (QED) is 0.674. The largest absolute Gasteiger partial charge is 0.335 e. The monoisotopic (exact) mass is 166 g/mol. The third-order valence-corrected chi connectivity index (χ3v) is 2.14. The molecule has 0 aromatic carbocycles. The van der Waals surface area contributed by atoms with E-state index in [1.807, 2.05) is 6.33 Å². The summed E-state index contributed by atoms with van der Waals surface area (Å²) in [5.74, 6) is 0.698. The second kappa shape index (κ2) is 3.74. The lowest BCUT2D eigenvalue weighted by Crippen LogP contribution is -1.99. The second-order valence-electron chi connectivity index (χ2n) is 3.66. The number of aromatic nitrogens is 2. The first kappa shape index (κ1) is 9.30. The zero-order chi connectivity index (χ0) is 9.14. The van der Waals surface area contributed by atoms with E-state index in [9.17, 15) is 0 Å². The van der Waals surface area contributed by atoms with Crippen molar-refractivity contribution in [2.75, 3.05) is 0 Å². The fourth-order valence-electron chi connectivity index (χ4n) is 1.39. The van der Waals surface area contributed by atoms with Gasteiger partial charge in [0.15, 0.2) is 0 Å². The smallest absolute Gasteiger partial charge is 0.0951 e. The normalized spacial score (nSPS) is 11.1. The fraction of sp³-hybridized carbons (Fsp3) is 0.700. The topological polar surface area (TPSA) is 17.8 Å². The fourth-order valence-corrected chi connectivity index (χ4v) is 1.39. The first-order valence-electron chi connectivity index (χ1n) is 4.65. The number of aryl methyl sites for hydroxylation is 1. The van der Waals surface area contributed by atoms with Gasteiger partial charge in [0, 0.05) is 12.2 Å². The van der Waals surface area contributed by atoms with Gasteiger partial charge in [-0.3, -0.25) is 0 Å². The van der Waals surface area contributed by atoms with Crippen molar-refractivity contribution in [1.29, 1.82) is 0 Å². The Bertz CT molecular complexity index is 248. The van der Waals surface area contributed by atoms with Gasteiger partial charge in [0.2, 0.25) is 0 Å². The average molecular weight is 166 g/mol. The van der Waals surface area contributed by atoms with Crippen LogP contribution in [0, 0.1) is 12.8 Å². The molecule has 1 rings (SSSR count). The minimum absolute atomic E-state index is 0.698. The number of hydrogen-bond donors (Lipinski definition) is 0. The van der Waals surface area contributed by atoms with Gasteiger partial charge in [0.1, 0.15) is 0 Å². The Morgan fingerprint density at radius 1 is 1.50 bits per heavy atom. The van der Waals surface area contributed by atoms with Gasteiger partial charge < -0.3 is 4.57 Å². The average Bonchev–Trinajstić information content (AvgIpc) is 2.32. The Balaban J connectivity index is 2.80. The van der Waals surface area contributed by atoms with Gasteiger partial charge >= 0.3 is 0 Å². The van der Waals surface area contributed by atoms with Crippen LogP contribution in [0.2, 0.25) is 0 Å². The minimum Gasteiger partial charge on any atom is -0.335 e. The highest BCUT2D eigenvalue weighted by molar-refractivity contribution is 5.11. The first-order valence-corrected chi connectivity index (χ1v) is 4.65. The maximum atomic E-state index is 4.39. The molecular formula is C10H18N2. The molecule has 0 unspecified atom stereocenters. The molecule has 0 aliphatic heterocycles. The molecule has 0 spiro atoms. The van der Waals surface area contributed by atoms with E-state index in [4.69, 9.17) is 0 Å².